The topological polar surface area (TPSA) is 86.6 Å². The number of hydrogen-bond acceptors (Lipinski definition) is 3. The number of carboxylic acids is 2. The minimum atomic E-state index is -0.979. The predicted molar refractivity (Wildman–Crippen MR) is 55.8 cm³/mol. The first-order valence-electron chi connectivity index (χ1n) is 5.26. The molecule has 0 radical (unpaired) electrons. The molecule has 0 unspecified atom stereocenters. The molecule has 0 saturated carbocycles. The second kappa shape index (κ2) is 8.23. The summed E-state index contributed by atoms with van der Waals surface area (Å²) in [6.45, 7) is 2.70. The van der Waals surface area contributed by atoms with Crippen molar-refractivity contribution in [1.82, 2.24) is 5.32 Å². The maximum absolute atomic E-state index is 10.7. The highest BCUT2D eigenvalue weighted by Crippen LogP contribution is 1.99. The second-order valence-corrected chi connectivity index (χ2v) is 3.48. The molecular formula is C10H19NO4. The van der Waals surface area contributed by atoms with E-state index in [2.05, 4.69) is 12.2 Å². The lowest BCUT2D eigenvalue weighted by Gasteiger charge is -2.12. The quantitative estimate of drug-likeness (QED) is 0.503. The van der Waals surface area contributed by atoms with Gasteiger partial charge >= 0.3 is 11.9 Å². The van der Waals surface area contributed by atoms with Gasteiger partial charge in [0.15, 0.2) is 0 Å². The zero-order chi connectivity index (χ0) is 11.7. The maximum Gasteiger partial charge on any atom is 0.320 e. The SMILES string of the molecule is CCCCCN[C@H](CCC(=O)O)C(=O)O. The summed E-state index contributed by atoms with van der Waals surface area (Å²) in [6.07, 6.45) is 3.08. The van der Waals surface area contributed by atoms with Gasteiger partial charge in [-0.3, -0.25) is 9.59 Å². The minimum absolute atomic E-state index is 0.113. The summed E-state index contributed by atoms with van der Waals surface area (Å²) in [4.78, 5) is 21.0. The predicted octanol–water partition coefficient (Wildman–Crippen LogP) is 1.08. The van der Waals surface area contributed by atoms with Gasteiger partial charge in [0.25, 0.3) is 0 Å². The fraction of sp³-hybridized carbons (Fsp3) is 0.800. The summed E-state index contributed by atoms with van der Waals surface area (Å²) in [5.74, 6) is -1.94. The zero-order valence-corrected chi connectivity index (χ0v) is 9.03. The number of carboxylic acid groups (broad SMARTS) is 2. The molecule has 0 saturated heterocycles. The van der Waals surface area contributed by atoms with E-state index in [9.17, 15) is 9.59 Å². The Morgan fingerprint density at radius 3 is 2.40 bits per heavy atom. The molecule has 0 aromatic heterocycles. The van der Waals surface area contributed by atoms with Gasteiger partial charge in [0.05, 0.1) is 0 Å². The summed E-state index contributed by atoms with van der Waals surface area (Å²) in [6, 6.07) is -0.738. The second-order valence-electron chi connectivity index (χ2n) is 3.48. The van der Waals surface area contributed by atoms with Gasteiger partial charge in [-0.2, -0.15) is 0 Å². The van der Waals surface area contributed by atoms with Gasteiger partial charge in [0, 0.05) is 6.42 Å². The lowest BCUT2D eigenvalue weighted by Crippen LogP contribution is -2.37. The Balaban J connectivity index is 3.73. The van der Waals surface area contributed by atoms with E-state index in [0.717, 1.165) is 19.3 Å². The van der Waals surface area contributed by atoms with Crippen molar-refractivity contribution in [1.29, 1.82) is 0 Å². The lowest BCUT2D eigenvalue weighted by molar-refractivity contribution is -0.140. The maximum atomic E-state index is 10.7. The van der Waals surface area contributed by atoms with E-state index in [-0.39, 0.29) is 12.8 Å². The summed E-state index contributed by atoms with van der Waals surface area (Å²) >= 11 is 0. The van der Waals surface area contributed by atoms with Gasteiger partial charge in [-0.1, -0.05) is 19.8 Å². The molecule has 0 fully saturated rings. The third-order valence-electron chi connectivity index (χ3n) is 2.12. The monoisotopic (exact) mass is 217 g/mol. The van der Waals surface area contributed by atoms with E-state index >= 15 is 0 Å². The Morgan fingerprint density at radius 2 is 1.93 bits per heavy atom. The van der Waals surface area contributed by atoms with E-state index in [1.54, 1.807) is 0 Å². The fourth-order valence-corrected chi connectivity index (χ4v) is 1.23. The van der Waals surface area contributed by atoms with Crippen molar-refractivity contribution in [2.24, 2.45) is 0 Å². The number of nitrogens with one attached hydrogen (secondary N) is 1. The molecule has 0 aliphatic heterocycles. The smallest absolute Gasteiger partial charge is 0.320 e. The van der Waals surface area contributed by atoms with Gasteiger partial charge in [-0.15, -0.1) is 0 Å². The van der Waals surface area contributed by atoms with Gasteiger partial charge < -0.3 is 15.5 Å². The molecule has 88 valence electrons. The minimum Gasteiger partial charge on any atom is -0.481 e. The van der Waals surface area contributed by atoms with E-state index in [1.165, 1.54) is 0 Å². The number of carbonyl (C=O) groups is 2. The summed E-state index contributed by atoms with van der Waals surface area (Å²) < 4.78 is 0. The van der Waals surface area contributed by atoms with Crippen molar-refractivity contribution in [2.45, 2.75) is 45.1 Å². The average molecular weight is 217 g/mol. The fourth-order valence-electron chi connectivity index (χ4n) is 1.23. The Labute approximate surface area is 89.5 Å². The van der Waals surface area contributed by atoms with Crippen molar-refractivity contribution in [3.05, 3.63) is 0 Å². The van der Waals surface area contributed by atoms with Crippen LogP contribution in [0.1, 0.15) is 39.0 Å². The van der Waals surface area contributed by atoms with Gasteiger partial charge in [0.2, 0.25) is 0 Å². The molecule has 0 aromatic carbocycles. The average Bonchev–Trinajstić information content (AvgIpc) is 2.15. The van der Waals surface area contributed by atoms with Crippen molar-refractivity contribution in [2.75, 3.05) is 6.54 Å². The Hall–Kier alpha value is -1.10. The van der Waals surface area contributed by atoms with Crippen LogP contribution in [0, 0.1) is 0 Å². The summed E-state index contributed by atoms with van der Waals surface area (Å²) in [5.41, 5.74) is 0. The first-order chi connectivity index (χ1) is 7.07. The number of aliphatic carboxylic acids is 2. The van der Waals surface area contributed by atoms with Crippen LogP contribution in [0.15, 0.2) is 0 Å². The lowest BCUT2D eigenvalue weighted by atomic mass is 10.1. The molecule has 0 amide bonds. The van der Waals surface area contributed by atoms with Gasteiger partial charge in [-0.25, -0.2) is 0 Å². The summed E-state index contributed by atoms with van der Waals surface area (Å²) in [5, 5.41) is 20.1. The van der Waals surface area contributed by atoms with Crippen LogP contribution in [0.25, 0.3) is 0 Å². The molecule has 5 heteroatoms. The molecule has 3 N–H and O–H groups in total. The third-order valence-corrected chi connectivity index (χ3v) is 2.12. The first-order valence-corrected chi connectivity index (χ1v) is 5.26. The molecule has 15 heavy (non-hydrogen) atoms. The normalized spacial score (nSPS) is 12.3. The van der Waals surface area contributed by atoms with Crippen LogP contribution in [-0.4, -0.2) is 34.7 Å². The standard InChI is InChI=1S/C10H19NO4/c1-2-3-4-7-11-8(10(14)15)5-6-9(12)13/h8,11H,2-7H2,1H3,(H,12,13)(H,14,15)/t8-/m1/s1. The van der Waals surface area contributed by atoms with Crippen molar-refractivity contribution < 1.29 is 19.8 Å². The molecule has 0 aromatic rings. The zero-order valence-electron chi connectivity index (χ0n) is 9.03. The Kier molecular flexibility index (Phi) is 7.62. The molecule has 1 atom stereocenters. The van der Waals surface area contributed by atoms with Crippen molar-refractivity contribution in [3.8, 4) is 0 Å². The number of rotatable bonds is 9. The van der Waals surface area contributed by atoms with Crippen LogP contribution < -0.4 is 5.32 Å². The van der Waals surface area contributed by atoms with Crippen LogP contribution in [0.5, 0.6) is 0 Å². The van der Waals surface area contributed by atoms with Crippen LogP contribution >= 0.6 is 0 Å². The molecule has 0 rings (SSSR count). The van der Waals surface area contributed by atoms with Crippen LogP contribution in [0.3, 0.4) is 0 Å². The van der Waals surface area contributed by atoms with Crippen molar-refractivity contribution >= 4 is 11.9 Å². The third kappa shape index (κ3) is 7.93. The molecule has 5 nitrogen and oxygen atoms in total. The first kappa shape index (κ1) is 13.9. The number of hydrogen-bond donors (Lipinski definition) is 3. The Morgan fingerprint density at radius 1 is 1.27 bits per heavy atom. The van der Waals surface area contributed by atoms with E-state index in [1.807, 2.05) is 0 Å². The Bertz CT molecular complexity index is 206. The molecule has 0 bridgehead atoms. The molecule has 0 aliphatic rings. The molecule has 0 aliphatic carbocycles. The highest BCUT2D eigenvalue weighted by molar-refractivity contribution is 5.75. The van der Waals surface area contributed by atoms with Gasteiger partial charge in [-0.05, 0) is 19.4 Å². The van der Waals surface area contributed by atoms with Crippen LogP contribution in [0.4, 0.5) is 0 Å². The largest absolute Gasteiger partial charge is 0.481 e. The van der Waals surface area contributed by atoms with Crippen LogP contribution in [-0.2, 0) is 9.59 Å². The summed E-state index contributed by atoms with van der Waals surface area (Å²) in [7, 11) is 0. The van der Waals surface area contributed by atoms with Crippen LogP contribution in [0.2, 0.25) is 0 Å². The van der Waals surface area contributed by atoms with Gasteiger partial charge in [0.1, 0.15) is 6.04 Å². The molecule has 0 spiro atoms. The molecular weight excluding hydrogens is 198 g/mol. The molecule has 0 heterocycles. The van der Waals surface area contributed by atoms with Crippen molar-refractivity contribution in [3.63, 3.8) is 0 Å². The van der Waals surface area contributed by atoms with E-state index in [0.29, 0.717) is 6.54 Å². The van der Waals surface area contributed by atoms with E-state index < -0.39 is 18.0 Å². The highest BCUT2D eigenvalue weighted by Gasteiger charge is 2.17. The van der Waals surface area contributed by atoms with E-state index in [4.69, 9.17) is 10.2 Å². The number of unbranched alkanes of at least 4 members (excludes halogenated alkanes) is 2. The highest BCUT2D eigenvalue weighted by atomic mass is 16.4.